The third kappa shape index (κ3) is 4.66. The molecule has 1 heterocycles. The summed E-state index contributed by atoms with van der Waals surface area (Å²) in [7, 11) is -3.79. The van der Waals surface area contributed by atoms with Crippen LogP contribution in [0.1, 0.15) is 20.8 Å². The highest BCUT2D eigenvalue weighted by Crippen LogP contribution is 2.34. The van der Waals surface area contributed by atoms with Crippen molar-refractivity contribution in [3.63, 3.8) is 0 Å². The third-order valence-electron chi connectivity index (χ3n) is 3.87. The van der Waals surface area contributed by atoms with Gasteiger partial charge in [-0.25, -0.2) is 8.42 Å². The Morgan fingerprint density at radius 3 is 2.39 bits per heavy atom. The van der Waals surface area contributed by atoms with E-state index in [1.54, 1.807) is 25.1 Å². The molecule has 0 fully saturated rings. The Bertz CT molecular complexity index is 957. The van der Waals surface area contributed by atoms with Crippen molar-refractivity contribution < 1.29 is 27.4 Å². The Kier molecular flexibility index (Phi) is 5.64. The maximum absolute atomic E-state index is 12.6. The fraction of sp³-hybridized carbons (Fsp3) is 0.316. The van der Waals surface area contributed by atoms with Gasteiger partial charge in [0.15, 0.2) is 17.6 Å². The van der Waals surface area contributed by atoms with Crippen molar-refractivity contribution in [2.75, 3.05) is 11.5 Å². The van der Waals surface area contributed by atoms with Crippen molar-refractivity contribution in [3.05, 3.63) is 42.5 Å². The summed E-state index contributed by atoms with van der Waals surface area (Å²) in [5, 5.41) is 2.75. The largest absolute Gasteiger partial charge is 0.481 e. The Morgan fingerprint density at radius 2 is 1.71 bits per heavy atom. The molecule has 0 bridgehead atoms. The number of carbonyl (C=O) groups excluding carboxylic acids is 1. The van der Waals surface area contributed by atoms with E-state index in [0.29, 0.717) is 22.9 Å². The molecule has 28 heavy (non-hydrogen) atoms. The molecule has 1 unspecified atom stereocenters. The van der Waals surface area contributed by atoms with Gasteiger partial charge in [-0.2, -0.15) is 0 Å². The maximum atomic E-state index is 12.6. The lowest BCUT2D eigenvalue weighted by atomic mass is 10.3. The van der Waals surface area contributed by atoms with Crippen LogP contribution in [0.2, 0.25) is 0 Å². The van der Waals surface area contributed by atoms with E-state index in [-0.39, 0.29) is 23.6 Å². The lowest BCUT2D eigenvalue weighted by molar-refractivity contribution is -0.127. The second-order valence-electron chi connectivity index (χ2n) is 6.57. The van der Waals surface area contributed by atoms with Crippen LogP contribution in [0.25, 0.3) is 0 Å². The molecule has 1 amide bonds. The number of sulfonamides is 1. The van der Waals surface area contributed by atoms with Gasteiger partial charge in [-0.1, -0.05) is 0 Å². The zero-order valence-corrected chi connectivity index (χ0v) is 16.6. The summed E-state index contributed by atoms with van der Waals surface area (Å²) in [5.41, 5.74) is 0.364. The average molecular weight is 406 g/mol. The molecule has 2 aromatic carbocycles. The molecular weight excluding hydrogens is 384 g/mol. The van der Waals surface area contributed by atoms with Gasteiger partial charge in [-0.15, -0.1) is 0 Å². The minimum absolute atomic E-state index is 0.00771. The van der Waals surface area contributed by atoms with Crippen LogP contribution in [0.5, 0.6) is 17.2 Å². The highest BCUT2D eigenvalue weighted by molar-refractivity contribution is 7.92. The summed E-state index contributed by atoms with van der Waals surface area (Å²) >= 11 is 0. The van der Waals surface area contributed by atoms with Crippen molar-refractivity contribution in [2.45, 2.75) is 37.8 Å². The number of hydrogen-bond acceptors (Lipinski definition) is 6. The van der Waals surface area contributed by atoms with Crippen LogP contribution in [0.3, 0.4) is 0 Å². The molecule has 0 radical (unpaired) electrons. The molecule has 0 spiro atoms. The van der Waals surface area contributed by atoms with E-state index in [0.717, 1.165) is 0 Å². The van der Waals surface area contributed by atoms with E-state index in [1.165, 1.54) is 24.3 Å². The topological polar surface area (TPSA) is 103 Å². The summed E-state index contributed by atoms with van der Waals surface area (Å²) in [6.07, 6.45) is -0.698. The van der Waals surface area contributed by atoms with Crippen molar-refractivity contribution in [1.29, 1.82) is 0 Å². The molecule has 2 aromatic rings. The van der Waals surface area contributed by atoms with Gasteiger partial charge in [0, 0.05) is 12.1 Å². The van der Waals surface area contributed by atoms with E-state index in [9.17, 15) is 13.2 Å². The maximum Gasteiger partial charge on any atom is 0.261 e. The first-order valence-electron chi connectivity index (χ1n) is 8.74. The predicted molar refractivity (Wildman–Crippen MR) is 103 cm³/mol. The van der Waals surface area contributed by atoms with Crippen LogP contribution in [0.4, 0.5) is 5.69 Å². The van der Waals surface area contributed by atoms with Crippen molar-refractivity contribution in [2.24, 2.45) is 0 Å². The minimum Gasteiger partial charge on any atom is -0.481 e. The zero-order chi connectivity index (χ0) is 20.3. The predicted octanol–water partition coefficient (Wildman–Crippen LogP) is 2.51. The summed E-state index contributed by atoms with van der Waals surface area (Å²) in [4.78, 5) is 12.0. The van der Waals surface area contributed by atoms with Gasteiger partial charge in [0.2, 0.25) is 6.79 Å². The lowest BCUT2D eigenvalue weighted by Gasteiger charge is -2.16. The Hall–Kier alpha value is -2.94. The number of carbonyl (C=O) groups is 1. The number of ether oxygens (including phenoxy) is 3. The van der Waals surface area contributed by atoms with Crippen molar-refractivity contribution in [3.8, 4) is 17.2 Å². The Labute approximate surface area is 163 Å². The fourth-order valence-corrected chi connectivity index (χ4v) is 3.58. The molecule has 150 valence electrons. The van der Waals surface area contributed by atoms with Crippen LogP contribution in [0.15, 0.2) is 47.4 Å². The van der Waals surface area contributed by atoms with E-state index in [4.69, 9.17) is 14.2 Å². The molecule has 3 rings (SSSR count). The van der Waals surface area contributed by atoms with E-state index in [1.807, 2.05) is 13.8 Å². The van der Waals surface area contributed by atoms with Gasteiger partial charge in [0.05, 0.1) is 10.6 Å². The molecule has 1 aliphatic rings. The van der Waals surface area contributed by atoms with Crippen LogP contribution in [0, 0.1) is 0 Å². The van der Waals surface area contributed by atoms with Crippen molar-refractivity contribution in [1.82, 2.24) is 5.32 Å². The second-order valence-corrected chi connectivity index (χ2v) is 8.25. The first-order valence-corrected chi connectivity index (χ1v) is 10.2. The van der Waals surface area contributed by atoms with Gasteiger partial charge < -0.3 is 19.5 Å². The minimum atomic E-state index is -3.79. The number of anilines is 1. The first-order chi connectivity index (χ1) is 13.2. The summed E-state index contributed by atoms with van der Waals surface area (Å²) < 4.78 is 43.7. The zero-order valence-electron chi connectivity index (χ0n) is 15.8. The summed E-state index contributed by atoms with van der Waals surface area (Å²) in [6, 6.07) is 10.6. The first kappa shape index (κ1) is 19.8. The molecule has 1 aliphatic heterocycles. The van der Waals surface area contributed by atoms with Gasteiger partial charge in [0.1, 0.15) is 5.75 Å². The summed E-state index contributed by atoms with van der Waals surface area (Å²) in [6.45, 7) is 5.46. The van der Waals surface area contributed by atoms with E-state index >= 15 is 0 Å². The molecule has 0 aliphatic carbocycles. The number of hydrogen-bond donors (Lipinski definition) is 2. The van der Waals surface area contributed by atoms with Gasteiger partial charge >= 0.3 is 0 Å². The molecule has 9 heteroatoms. The number of rotatable bonds is 7. The number of amides is 1. The van der Waals surface area contributed by atoms with Gasteiger partial charge in [-0.3, -0.25) is 9.52 Å². The molecule has 1 atom stereocenters. The Morgan fingerprint density at radius 1 is 1.04 bits per heavy atom. The quantitative estimate of drug-likeness (QED) is 0.732. The van der Waals surface area contributed by atoms with Crippen LogP contribution in [-0.4, -0.2) is 33.3 Å². The molecule has 0 saturated carbocycles. The van der Waals surface area contributed by atoms with Crippen LogP contribution in [-0.2, 0) is 14.8 Å². The number of benzene rings is 2. The van der Waals surface area contributed by atoms with E-state index in [2.05, 4.69) is 10.0 Å². The molecule has 0 saturated heterocycles. The van der Waals surface area contributed by atoms with Gasteiger partial charge in [-0.05, 0) is 57.2 Å². The molecule has 8 nitrogen and oxygen atoms in total. The highest BCUT2D eigenvalue weighted by Gasteiger charge is 2.19. The normalized spacial score (nSPS) is 13.9. The monoisotopic (exact) mass is 406 g/mol. The summed E-state index contributed by atoms with van der Waals surface area (Å²) in [5.74, 6) is 1.21. The third-order valence-corrected chi connectivity index (χ3v) is 5.27. The number of fused-ring (bicyclic) bond motifs is 1. The lowest BCUT2D eigenvalue weighted by Crippen LogP contribution is -2.40. The Balaban J connectivity index is 1.67. The van der Waals surface area contributed by atoms with E-state index < -0.39 is 16.1 Å². The van der Waals surface area contributed by atoms with Crippen LogP contribution < -0.4 is 24.2 Å². The second kappa shape index (κ2) is 7.97. The molecule has 2 N–H and O–H groups in total. The molecule has 0 aromatic heterocycles. The standard InChI is InChI=1S/C19H22N2O6S/c1-12(2)20-19(22)13(3)27-15-5-7-16(8-6-15)28(23,24)21-14-4-9-17-18(10-14)26-11-25-17/h4-10,12-13,21H,11H2,1-3H3,(H,20,22). The smallest absolute Gasteiger partial charge is 0.261 e. The average Bonchev–Trinajstić information content (AvgIpc) is 3.09. The molecular formula is C19H22N2O6S. The van der Waals surface area contributed by atoms with Gasteiger partial charge in [0.25, 0.3) is 15.9 Å². The number of nitrogens with one attached hydrogen (secondary N) is 2. The SMILES string of the molecule is CC(C)NC(=O)C(C)Oc1ccc(S(=O)(=O)Nc2ccc3c(c2)OCO3)cc1. The van der Waals surface area contributed by atoms with Crippen molar-refractivity contribution >= 4 is 21.6 Å². The fourth-order valence-electron chi connectivity index (χ4n) is 2.53. The van der Waals surface area contributed by atoms with Crippen LogP contribution >= 0.6 is 0 Å². The highest BCUT2D eigenvalue weighted by atomic mass is 32.2.